The molecule has 0 N–H and O–H groups in total. The van der Waals surface area contributed by atoms with Crippen molar-refractivity contribution < 1.29 is 18.2 Å². The largest absolute Gasteiger partial charge is 0.312 e. The minimum absolute atomic E-state index is 0.159. The van der Waals surface area contributed by atoms with E-state index in [1.807, 2.05) is 60.7 Å². The van der Waals surface area contributed by atoms with Crippen molar-refractivity contribution in [3.05, 3.63) is 71.8 Å². The van der Waals surface area contributed by atoms with Crippen molar-refractivity contribution in [2.45, 2.75) is 38.9 Å². The first-order chi connectivity index (χ1) is 16.8. The lowest BCUT2D eigenvalue weighted by Crippen LogP contribution is -2.25. The van der Waals surface area contributed by atoms with Crippen LogP contribution in [0.4, 0.5) is 0 Å². The highest BCUT2D eigenvalue weighted by Crippen LogP contribution is 2.66. The van der Waals surface area contributed by atoms with E-state index >= 15 is 0 Å². The highest BCUT2D eigenvalue weighted by atomic mass is 35.5. The van der Waals surface area contributed by atoms with Crippen LogP contribution in [0.1, 0.15) is 36.8 Å². The summed E-state index contributed by atoms with van der Waals surface area (Å²) in [7, 11) is -3.52. The molecule has 35 heavy (non-hydrogen) atoms. The van der Waals surface area contributed by atoms with Crippen LogP contribution in [-0.4, -0.2) is 54.2 Å². The third-order valence-electron chi connectivity index (χ3n) is 5.68. The first kappa shape index (κ1) is 30.5. The maximum Gasteiger partial charge on any atom is 0.283 e. The van der Waals surface area contributed by atoms with Gasteiger partial charge in [-0.05, 0) is 50.9 Å². The minimum Gasteiger partial charge on any atom is -0.312 e. The number of unbranched alkanes of at least 4 members (excludes halogenated alkanes) is 2. The van der Waals surface area contributed by atoms with Crippen molar-refractivity contribution >= 4 is 38.2 Å². The van der Waals surface area contributed by atoms with Gasteiger partial charge in [0, 0.05) is 24.8 Å². The van der Waals surface area contributed by atoms with E-state index in [1.54, 1.807) is 23.4 Å². The fraction of sp³-hybridized carbons (Fsp3) is 0.520. The van der Waals surface area contributed by atoms with Crippen molar-refractivity contribution in [1.29, 1.82) is 0 Å². The summed E-state index contributed by atoms with van der Waals surface area (Å²) in [5, 5.41) is 0. The lowest BCUT2D eigenvalue weighted by molar-refractivity contribution is 0.248. The Morgan fingerprint density at radius 1 is 0.657 bits per heavy atom. The Morgan fingerprint density at radius 2 is 1.03 bits per heavy atom. The predicted molar refractivity (Wildman–Crippen MR) is 148 cm³/mol. The summed E-state index contributed by atoms with van der Waals surface area (Å²) in [5.41, 5.74) is 1.80. The van der Waals surface area contributed by atoms with Gasteiger partial charge in [0.2, 0.25) is 0 Å². The van der Waals surface area contributed by atoms with Gasteiger partial charge >= 0.3 is 0 Å². The van der Waals surface area contributed by atoms with E-state index < -0.39 is 15.0 Å². The number of benzene rings is 2. The first-order valence-corrected chi connectivity index (χ1v) is 16.5. The Kier molecular flexibility index (Phi) is 14.2. The standard InChI is InChI=1S/C25H38Cl2N2O4P2/c1-28(19-11-9-17-26)34(30,32-21-24-13-5-3-6-14-24)23-35(31,29(2)20-12-10-18-27)33-22-25-15-7-4-8-16-25/h3-8,13-16H,9-12,17-23H2,1-2H3. The van der Waals surface area contributed by atoms with Gasteiger partial charge < -0.3 is 9.05 Å². The van der Waals surface area contributed by atoms with Gasteiger partial charge in [-0.2, -0.15) is 0 Å². The zero-order valence-corrected chi connectivity index (χ0v) is 24.0. The molecule has 0 aliphatic heterocycles. The maximum absolute atomic E-state index is 14.3. The summed E-state index contributed by atoms with van der Waals surface area (Å²) in [6.45, 7) is 1.36. The van der Waals surface area contributed by atoms with E-state index in [1.165, 1.54) is 0 Å². The van der Waals surface area contributed by atoms with E-state index in [0.29, 0.717) is 24.8 Å². The lowest BCUT2D eigenvalue weighted by atomic mass is 10.2. The normalized spacial score (nSPS) is 15.3. The third kappa shape index (κ3) is 10.7. The summed E-state index contributed by atoms with van der Waals surface area (Å²) < 4.78 is 44.2. The quantitative estimate of drug-likeness (QED) is 0.105. The molecule has 0 aliphatic carbocycles. The molecule has 196 valence electrons. The number of rotatable bonds is 18. The fourth-order valence-electron chi connectivity index (χ4n) is 3.39. The van der Waals surface area contributed by atoms with Crippen LogP contribution in [0.5, 0.6) is 0 Å². The van der Waals surface area contributed by atoms with Crippen molar-refractivity contribution in [2.24, 2.45) is 0 Å². The van der Waals surface area contributed by atoms with Gasteiger partial charge in [0.05, 0.1) is 13.2 Å². The monoisotopic (exact) mass is 562 g/mol. The SMILES string of the molecule is CN(CCCCCl)P(=O)(CP(=O)(OCc1ccccc1)N(C)CCCCCl)OCc1ccccc1. The molecule has 0 aliphatic rings. The van der Waals surface area contributed by atoms with Crippen molar-refractivity contribution in [2.75, 3.05) is 44.8 Å². The molecule has 0 saturated carbocycles. The van der Waals surface area contributed by atoms with Crippen LogP contribution in [0, 0.1) is 0 Å². The average molecular weight is 563 g/mol. The molecule has 0 bridgehead atoms. The van der Waals surface area contributed by atoms with Crippen molar-refractivity contribution in [1.82, 2.24) is 9.34 Å². The molecule has 0 heterocycles. The lowest BCUT2D eigenvalue weighted by Gasteiger charge is -2.34. The number of hydrogen-bond donors (Lipinski definition) is 0. The third-order valence-corrected chi connectivity index (χ3v) is 12.6. The topological polar surface area (TPSA) is 59.1 Å². The molecule has 0 radical (unpaired) electrons. The molecule has 0 aromatic heterocycles. The van der Waals surface area contributed by atoms with Gasteiger partial charge in [0.25, 0.3) is 15.0 Å². The van der Waals surface area contributed by atoms with Crippen LogP contribution in [0.15, 0.2) is 60.7 Å². The van der Waals surface area contributed by atoms with Gasteiger partial charge in [-0.25, -0.2) is 9.34 Å². The Morgan fingerprint density at radius 3 is 1.37 bits per heavy atom. The van der Waals surface area contributed by atoms with Gasteiger partial charge in [0.15, 0.2) is 0 Å². The molecule has 2 aromatic rings. The van der Waals surface area contributed by atoms with Crippen LogP contribution in [-0.2, 0) is 31.4 Å². The molecule has 0 fully saturated rings. The van der Waals surface area contributed by atoms with E-state index in [4.69, 9.17) is 32.2 Å². The summed E-state index contributed by atoms with van der Waals surface area (Å²) >= 11 is 11.7. The highest BCUT2D eigenvalue weighted by molar-refractivity contribution is 7.73. The van der Waals surface area contributed by atoms with Gasteiger partial charge in [-0.3, -0.25) is 9.13 Å². The van der Waals surface area contributed by atoms with E-state index in [2.05, 4.69) is 0 Å². The molecular weight excluding hydrogens is 525 g/mol. The van der Waals surface area contributed by atoms with E-state index in [-0.39, 0.29) is 19.1 Å². The van der Waals surface area contributed by atoms with Gasteiger partial charge in [-0.1, -0.05) is 60.7 Å². The van der Waals surface area contributed by atoms with Crippen molar-refractivity contribution in [3.63, 3.8) is 0 Å². The first-order valence-electron chi connectivity index (χ1n) is 11.9. The highest BCUT2D eigenvalue weighted by Gasteiger charge is 2.42. The molecule has 6 nitrogen and oxygen atoms in total. The zero-order valence-electron chi connectivity index (χ0n) is 20.7. The molecule has 0 amide bonds. The Hall–Kier alpha value is -0.680. The smallest absolute Gasteiger partial charge is 0.283 e. The Bertz CT molecular complexity index is 862. The zero-order chi connectivity index (χ0) is 25.6. The van der Waals surface area contributed by atoms with E-state index in [0.717, 1.165) is 36.8 Å². The molecule has 2 unspecified atom stereocenters. The van der Waals surface area contributed by atoms with Crippen molar-refractivity contribution in [3.8, 4) is 0 Å². The second-order valence-electron chi connectivity index (χ2n) is 8.49. The maximum atomic E-state index is 14.3. The average Bonchev–Trinajstić information content (AvgIpc) is 2.87. The summed E-state index contributed by atoms with van der Waals surface area (Å²) in [6, 6.07) is 19.1. The molecule has 2 rings (SSSR count). The fourth-order valence-corrected chi connectivity index (χ4v) is 9.95. The predicted octanol–water partition coefficient (Wildman–Crippen LogP) is 7.67. The van der Waals surface area contributed by atoms with Crippen LogP contribution in [0.3, 0.4) is 0 Å². The van der Waals surface area contributed by atoms with E-state index in [9.17, 15) is 9.13 Å². The minimum atomic E-state index is -3.52. The summed E-state index contributed by atoms with van der Waals surface area (Å²) in [5.74, 6) is 0.865. The number of halogens is 2. The number of alkyl halides is 2. The molecular formula is C25H38Cl2N2O4P2. The molecule has 10 heteroatoms. The second-order valence-corrected chi connectivity index (χ2v) is 14.8. The van der Waals surface area contributed by atoms with Crippen LogP contribution < -0.4 is 0 Å². The Balaban J connectivity index is 2.27. The summed E-state index contributed by atoms with van der Waals surface area (Å²) in [4.78, 5) is 0. The number of hydrogen-bond acceptors (Lipinski definition) is 4. The molecule has 2 aromatic carbocycles. The van der Waals surface area contributed by atoms with Crippen LogP contribution in [0.2, 0.25) is 0 Å². The Labute approximate surface area is 220 Å². The second kappa shape index (κ2) is 16.2. The van der Waals surface area contributed by atoms with Gasteiger partial charge in [-0.15, -0.1) is 23.2 Å². The molecule has 2 atom stereocenters. The van der Waals surface area contributed by atoms with Gasteiger partial charge in [0.1, 0.15) is 5.90 Å². The number of nitrogens with zero attached hydrogens (tertiary/aromatic N) is 2. The molecule has 0 saturated heterocycles. The van der Waals surface area contributed by atoms with Crippen LogP contribution in [0.25, 0.3) is 0 Å². The molecule has 0 spiro atoms. The summed E-state index contributed by atoms with van der Waals surface area (Å²) in [6.07, 6.45) is 3.12. The van der Waals surface area contributed by atoms with Crippen LogP contribution >= 0.6 is 38.2 Å².